The van der Waals surface area contributed by atoms with Crippen molar-refractivity contribution in [2.45, 2.75) is 38.6 Å². The van der Waals surface area contributed by atoms with Gasteiger partial charge in [0.25, 0.3) is 0 Å². The number of likely N-dealkylation sites (tertiary alicyclic amines) is 1. The van der Waals surface area contributed by atoms with Gasteiger partial charge in [-0.2, -0.15) is 0 Å². The summed E-state index contributed by atoms with van der Waals surface area (Å²) < 4.78 is 0. The number of nitrogens with one attached hydrogen (secondary N) is 1. The summed E-state index contributed by atoms with van der Waals surface area (Å²) in [6.07, 6.45) is 7.70. The summed E-state index contributed by atoms with van der Waals surface area (Å²) in [6, 6.07) is 5.52. The molecule has 2 aliphatic heterocycles. The van der Waals surface area contributed by atoms with E-state index in [-0.39, 0.29) is 11.9 Å². The van der Waals surface area contributed by atoms with Crippen LogP contribution in [-0.4, -0.2) is 72.5 Å². The highest BCUT2D eigenvalue weighted by Crippen LogP contribution is 2.34. The van der Waals surface area contributed by atoms with Gasteiger partial charge in [0.15, 0.2) is 0 Å². The predicted molar refractivity (Wildman–Crippen MR) is 143 cm³/mol. The van der Waals surface area contributed by atoms with Gasteiger partial charge in [-0.15, -0.1) is 0 Å². The van der Waals surface area contributed by atoms with E-state index in [0.717, 1.165) is 56.3 Å². The SMILES string of the molecule is C[C@@H](Nc1cncc(N2CC([C@@H]3CCCN(CCCC(=O)N(C)C)C3)C2)n1)c1ccc(Cl)cc1Cl. The van der Waals surface area contributed by atoms with Crippen molar-refractivity contribution in [3.05, 3.63) is 46.2 Å². The van der Waals surface area contributed by atoms with E-state index in [1.165, 1.54) is 12.8 Å². The van der Waals surface area contributed by atoms with Crippen molar-refractivity contribution < 1.29 is 4.79 Å². The number of hydrogen-bond acceptors (Lipinski definition) is 6. The van der Waals surface area contributed by atoms with Gasteiger partial charge in [-0.05, 0) is 68.8 Å². The second-order valence-electron chi connectivity index (χ2n) is 10.1. The fourth-order valence-corrected chi connectivity index (χ4v) is 5.66. The maximum atomic E-state index is 11.8. The van der Waals surface area contributed by atoms with Gasteiger partial charge in [0.05, 0.1) is 18.4 Å². The van der Waals surface area contributed by atoms with Gasteiger partial charge >= 0.3 is 0 Å². The molecule has 0 bridgehead atoms. The minimum Gasteiger partial charge on any atom is -0.362 e. The van der Waals surface area contributed by atoms with Gasteiger partial charge in [0.2, 0.25) is 5.91 Å². The molecule has 2 aliphatic rings. The Balaban J connectivity index is 1.26. The summed E-state index contributed by atoms with van der Waals surface area (Å²) >= 11 is 12.4. The molecule has 2 aromatic rings. The fraction of sp³-hybridized carbons (Fsp3) is 0.577. The molecular weight excluding hydrogens is 483 g/mol. The number of hydrogen-bond donors (Lipinski definition) is 1. The molecule has 1 amide bonds. The fourth-order valence-electron chi connectivity index (χ4n) is 5.08. The van der Waals surface area contributed by atoms with Crippen molar-refractivity contribution in [2.75, 3.05) is 57.0 Å². The maximum absolute atomic E-state index is 11.8. The number of carbonyl (C=O) groups excluding carboxylic acids is 1. The highest BCUT2D eigenvalue weighted by Gasteiger charge is 2.36. The van der Waals surface area contributed by atoms with Crippen LogP contribution < -0.4 is 10.2 Å². The lowest BCUT2D eigenvalue weighted by atomic mass is 9.80. The van der Waals surface area contributed by atoms with Crippen molar-refractivity contribution in [2.24, 2.45) is 11.8 Å². The number of benzene rings is 1. The van der Waals surface area contributed by atoms with Gasteiger partial charge in [-0.25, -0.2) is 4.98 Å². The summed E-state index contributed by atoms with van der Waals surface area (Å²) in [5.74, 6) is 3.27. The van der Waals surface area contributed by atoms with E-state index in [9.17, 15) is 4.79 Å². The van der Waals surface area contributed by atoms with Crippen LogP contribution in [0.2, 0.25) is 10.0 Å². The summed E-state index contributed by atoms with van der Waals surface area (Å²) in [5.41, 5.74) is 0.972. The van der Waals surface area contributed by atoms with Crippen LogP contribution in [0.5, 0.6) is 0 Å². The van der Waals surface area contributed by atoms with Crippen molar-refractivity contribution in [3.63, 3.8) is 0 Å². The topological polar surface area (TPSA) is 64.6 Å². The first kappa shape index (κ1) is 26.0. The Morgan fingerprint density at radius 2 is 2.00 bits per heavy atom. The highest BCUT2D eigenvalue weighted by atomic mass is 35.5. The molecule has 1 aromatic carbocycles. The monoisotopic (exact) mass is 518 g/mol. The third-order valence-electron chi connectivity index (χ3n) is 7.22. The third-order valence-corrected chi connectivity index (χ3v) is 7.78. The van der Waals surface area contributed by atoms with E-state index in [1.807, 2.05) is 39.3 Å². The Kier molecular flexibility index (Phi) is 8.73. The number of amides is 1. The van der Waals surface area contributed by atoms with Gasteiger partial charge in [-0.3, -0.25) is 9.78 Å². The maximum Gasteiger partial charge on any atom is 0.222 e. The van der Waals surface area contributed by atoms with Crippen LogP contribution in [0, 0.1) is 11.8 Å². The second kappa shape index (κ2) is 11.8. The molecule has 190 valence electrons. The molecule has 7 nitrogen and oxygen atoms in total. The van der Waals surface area contributed by atoms with E-state index in [0.29, 0.717) is 28.3 Å². The van der Waals surface area contributed by atoms with Crippen LogP contribution in [0.4, 0.5) is 11.6 Å². The summed E-state index contributed by atoms with van der Waals surface area (Å²) in [7, 11) is 3.65. The number of rotatable bonds is 9. The molecule has 3 heterocycles. The van der Waals surface area contributed by atoms with Crippen LogP contribution in [0.15, 0.2) is 30.6 Å². The summed E-state index contributed by atoms with van der Waals surface area (Å²) in [5, 5.41) is 4.68. The molecule has 2 saturated heterocycles. The average Bonchev–Trinajstić information content (AvgIpc) is 2.78. The Bertz CT molecular complexity index is 1010. The van der Waals surface area contributed by atoms with E-state index >= 15 is 0 Å². The van der Waals surface area contributed by atoms with Crippen LogP contribution >= 0.6 is 23.2 Å². The van der Waals surface area contributed by atoms with E-state index < -0.39 is 0 Å². The zero-order chi connectivity index (χ0) is 24.9. The number of halogens is 2. The molecule has 35 heavy (non-hydrogen) atoms. The van der Waals surface area contributed by atoms with Crippen LogP contribution in [0.1, 0.15) is 44.2 Å². The normalized spacial score (nSPS) is 19.8. The number of aromatic nitrogens is 2. The molecule has 0 saturated carbocycles. The molecule has 0 radical (unpaired) electrons. The minimum atomic E-state index is -0.0188. The zero-order valence-electron chi connectivity index (χ0n) is 20.9. The molecule has 4 rings (SSSR count). The average molecular weight is 520 g/mol. The van der Waals surface area contributed by atoms with E-state index in [2.05, 4.69) is 20.1 Å². The Morgan fingerprint density at radius 1 is 1.20 bits per heavy atom. The van der Waals surface area contributed by atoms with Crippen molar-refractivity contribution in [1.29, 1.82) is 0 Å². The molecule has 0 spiro atoms. The van der Waals surface area contributed by atoms with Gasteiger partial charge in [0.1, 0.15) is 11.6 Å². The van der Waals surface area contributed by atoms with Crippen molar-refractivity contribution in [3.8, 4) is 0 Å². The van der Waals surface area contributed by atoms with E-state index in [1.54, 1.807) is 17.2 Å². The smallest absolute Gasteiger partial charge is 0.222 e. The van der Waals surface area contributed by atoms with Gasteiger partial charge in [-0.1, -0.05) is 29.3 Å². The third kappa shape index (κ3) is 6.78. The molecule has 0 aliphatic carbocycles. The second-order valence-corrected chi connectivity index (χ2v) is 10.9. The van der Waals surface area contributed by atoms with E-state index in [4.69, 9.17) is 28.2 Å². The number of carbonyl (C=O) groups is 1. The number of nitrogens with zero attached hydrogens (tertiary/aromatic N) is 5. The first-order valence-electron chi connectivity index (χ1n) is 12.5. The number of anilines is 2. The van der Waals surface area contributed by atoms with Crippen LogP contribution in [0.25, 0.3) is 0 Å². The Labute approximate surface area is 218 Å². The molecular formula is C26H36Cl2N6O. The largest absolute Gasteiger partial charge is 0.362 e. The first-order valence-corrected chi connectivity index (χ1v) is 13.3. The summed E-state index contributed by atoms with van der Waals surface area (Å²) in [4.78, 5) is 27.6. The molecule has 2 fully saturated rings. The molecule has 1 N–H and O–H groups in total. The molecule has 9 heteroatoms. The lowest BCUT2D eigenvalue weighted by molar-refractivity contribution is -0.128. The van der Waals surface area contributed by atoms with Crippen LogP contribution in [0.3, 0.4) is 0 Å². The van der Waals surface area contributed by atoms with Crippen molar-refractivity contribution in [1.82, 2.24) is 19.8 Å². The minimum absolute atomic E-state index is 0.0188. The number of piperidine rings is 1. The summed E-state index contributed by atoms with van der Waals surface area (Å²) in [6.45, 7) is 7.40. The lowest BCUT2D eigenvalue weighted by Crippen LogP contribution is -2.54. The predicted octanol–water partition coefficient (Wildman–Crippen LogP) is 4.97. The quantitative estimate of drug-likeness (QED) is 0.505. The van der Waals surface area contributed by atoms with Crippen molar-refractivity contribution >= 4 is 40.7 Å². The molecule has 1 aromatic heterocycles. The Hall–Kier alpha value is -2.09. The van der Waals surface area contributed by atoms with Gasteiger partial charge in [0, 0.05) is 50.2 Å². The highest BCUT2D eigenvalue weighted by molar-refractivity contribution is 6.35. The van der Waals surface area contributed by atoms with Crippen LogP contribution in [-0.2, 0) is 4.79 Å². The standard InChI is InChI=1S/C26H36Cl2N6O/c1-18(22-9-8-21(27)12-23(22)28)30-24-13-29-14-25(31-24)34-16-20(17-34)19-6-4-10-33(15-19)11-5-7-26(35)32(2)3/h8-9,12-14,18-20H,4-7,10-11,15-17H2,1-3H3,(H,30,31)/t18-,19-/m1/s1. The van der Waals surface area contributed by atoms with Gasteiger partial charge < -0.3 is 20.0 Å². The molecule has 2 atom stereocenters. The lowest BCUT2D eigenvalue weighted by Gasteiger charge is -2.47. The first-order chi connectivity index (χ1) is 16.8. The zero-order valence-corrected chi connectivity index (χ0v) is 22.4. The Morgan fingerprint density at radius 3 is 2.74 bits per heavy atom. The molecule has 0 unspecified atom stereocenters.